The van der Waals surface area contributed by atoms with Crippen molar-refractivity contribution in [2.24, 2.45) is 5.73 Å². The van der Waals surface area contributed by atoms with Crippen molar-refractivity contribution in [3.8, 4) is 17.4 Å². The second kappa shape index (κ2) is 10.5. The first-order valence-electron chi connectivity index (χ1n) is 7.98. The van der Waals surface area contributed by atoms with Crippen LogP contribution in [0.15, 0.2) is 42.6 Å². The Balaban J connectivity index is 0.00000312. The summed E-state index contributed by atoms with van der Waals surface area (Å²) in [5.41, 5.74) is 6.32. The van der Waals surface area contributed by atoms with E-state index in [9.17, 15) is 4.79 Å². The fourth-order valence-electron chi connectivity index (χ4n) is 1.93. The molecule has 0 bridgehead atoms. The molecule has 1 aromatic carbocycles. The third-order valence-electron chi connectivity index (χ3n) is 3.23. The van der Waals surface area contributed by atoms with Crippen molar-refractivity contribution in [2.45, 2.75) is 32.9 Å². The topological polar surface area (TPSA) is 86.5 Å². The third-order valence-corrected chi connectivity index (χ3v) is 3.23. The van der Waals surface area contributed by atoms with Crippen molar-refractivity contribution in [2.75, 3.05) is 6.61 Å². The second-order valence-electron chi connectivity index (χ2n) is 5.40. The number of nitrogens with zero attached hydrogens (tertiary/aromatic N) is 1. The number of ether oxygens (including phenoxy) is 2. The summed E-state index contributed by atoms with van der Waals surface area (Å²) < 4.78 is 11.4. The summed E-state index contributed by atoms with van der Waals surface area (Å²) in [6.07, 6.45) is 2.60. The minimum absolute atomic E-state index is 0. The van der Waals surface area contributed by atoms with E-state index in [0.717, 1.165) is 17.7 Å². The Morgan fingerprint density at radius 2 is 1.92 bits per heavy atom. The van der Waals surface area contributed by atoms with Crippen LogP contribution in [0.3, 0.4) is 0 Å². The molecular weight excluding hydrogens is 342 g/mol. The van der Waals surface area contributed by atoms with Crippen LogP contribution in [0.1, 0.15) is 25.8 Å². The Kier molecular flexibility index (Phi) is 8.74. The van der Waals surface area contributed by atoms with E-state index in [-0.39, 0.29) is 18.3 Å². The number of aromatic nitrogens is 1. The van der Waals surface area contributed by atoms with Gasteiger partial charge >= 0.3 is 0 Å². The first kappa shape index (κ1) is 20.7. The molecular formula is C18H24ClN3O3. The van der Waals surface area contributed by atoms with Crippen molar-refractivity contribution >= 4 is 18.3 Å². The van der Waals surface area contributed by atoms with E-state index in [2.05, 4.69) is 17.2 Å². The standard InChI is InChI=1S/C18H23N3O3.ClH/c1-3-11-23-15-6-8-16(9-7-15)24-18-14(5-4-10-20-18)12-21-17(22)13(2)19;/h4-10,13H,3,11-12,19H2,1-2H3,(H,21,22);1H. The Labute approximate surface area is 154 Å². The molecule has 2 rings (SSSR count). The lowest BCUT2D eigenvalue weighted by molar-refractivity contribution is -0.122. The van der Waals surface area contributed by atoms with Crippen molar-refractivity contribution < 1.29 is 14.3 Å². The Bertz CT molecular complexity index is 663. The van der Waals surface area contributed by atoms with Crippen molar-refractivity contribution in [1.29, 1.82) is 0 Å². The molecule has 0 saturated heterocycles. The van der Waals surface area contributed by atoms with Crippen LogP contribution in [0.4, 0.5) is 0 Å². The van der Waals surface area contributed by atoms with Gasteiger partial charge in [0.1, 0.15) is 11.5 Å². The van der Waals surface area contributed by atoms with Crippen LogP contribution in [-0.4, -0.2) is 23.5 Å². The van der Waals surface area contributed by atoms with Crippen LogP contribution in [0.5, 0.6) is 17.4 Å². The smallest absolute Gasteiger partial charge is 0.236 e. The van der Waals surface area contributed by atoms with Gasteiger partial charge in [0.15, 0.2) is 0 Å². The molecule has 7 heteroatoms. The number of rotatable bonds is 8. The Hall–Kier alpha value is -2.31. The molecule has 25 heavy (non-hydrogen) atoms. The lowest BCUT2D eigenvalue weighted by Gasteiger charge is -2.12. The zero-order chi connectivity index (χ0) is 17.4. The van der Waals surface area contributed by atoms with E-state index in [1.807, 2.05) is 30.3 Å². The highest BCUT2D eigenvalue weighted by Gasteiger charge is 2.10. The van der Waals surface area contributed by atoms with Crippen molar-refractivity contribution in [1.82, 2.24) is 10.3 Å². The molecule has 0 saturated carbocycles. The van der Waals surface area contributed by atoms with Gasteiger partial charge in [-0.1, -0.05) is 13.0 Å². The largest absolute Gasteiger partial charge is 0.494 e. The molecule has 1 atom stereocenters. The molecule has 1 heterocycles. The van der Waals surface area contributed by atoms with Crippen LogP contribution < -0.4 is 20.5 Å². The van der Waals surface area contributed by atoms with E-state index >= 15 is 0 Å². The maximum atomic E-state index is 11.6. The van der Waals surface area contributed by atoms with Gasteiger partial charge in [-0.3, -0.25) is 4.79 Å². The van der Waals surface area contributed by atoms with Gasteiger partial charge in [0.05, 0.1) is 12.6 Å². The molecule has 0 aliphatic carbocycles. The number of carbonyl (C=O) groups is 1. The van der Waals surface area contributed by atoms with Gasteiger partial charge < -0.3 is 20.5 Å². The maximum Gasteiger partial charge on any atom is 0.236 e. The molecule has 1 unspecified atom stereocenters. The van der Waals surface area contributed by atoms with Gasteiger partial charge in [-0.15, -0.1) is 12.4 Å². The average molecular weight is 366 g/mol. The SMILES string of the molecule is CCCOc1ccc(Oc2ncccc2CNC(=O)C(C)N)cc1.Cl. The molecule has 0 spiro atoms. The predicted octanol–water partition coefficient (Wildman–Crippen LogP) is 3.05. The minimum Gasteiger partial charge on any atom is -0.494 e. The quantitative estimate of drug-likeness (QED) is 0.750. The number of carbonyl (C=O) groups excluding carboxylic acids is 1. The summed E-state index contributed by atoms with van der Waals surface area (Å²) in [6, 6.07) is 10.4. The van der Waals surface area contributed by atoms with Crippen LogP contribution in [0, 0.1) is 0 Å². The number of nitrogens with one attached hydrogen (secondary N) is 1. The zero-order valence-electron chi connectivity index (χ0n) is 14.4. The van der Waals surface area contributed by atoms with Crippen LogP contribution in [0.2, 0.25) is 0 Å². The van der Waals surface area contributed by atoms with Crippen LogP contribution >= 0.6 is 12.4 Å². The fourth-order valence-corrected chi connectivity index (χ4v) is 1.93. The number of pyridine rings is 1. The average Bonchev–Trinajstić information content (AvgIpc) is 2.60. The molecule has 1 amide bonds. The molecule has 6 nitrogen and oxygen atoms in total. The van der Waals surface area contributed by atoms with Gasteiger partial charge in [0.2, 0.25) is 11.8 Å². The molecule has 0 fully saturated rings. The second-order valence-corrected chi connectivity index (χ2v) is 5.40. The van der Waals surface area contributed by atoms with Crippen molar-refractivity contribution in [3.63, 3.8) is 0 Å². The summed E-state index contributed by atoms with van der Waals surface area (Å²) in [4.78, 5) is 15.8. The van der Waals surface area contributed by atoms with E-state index in [1.165, 1.54) is 0 Å². The molecule has 0 aliphatic heterocycles. The molecule has 0 radical (unpaired) electrons. The van der Waals surface area contributed by atoms with Gasteiger partial charge in [-0.25, -0.2) is 4.98 Å². The highest BCUT2D eigenvalue weighted by atomic mass is 35.5. The third kappa shape index (κ3) is 6.60. The molecule has 2 aromatic rings. The summed E-state index contributed by atoms with van der Waals surface area (Å²) >= 11 is 0. The lowest BCUT2D eigenvalue weighted by atomic mass is 10.2. The molecule has 3 N–H and O–H groups in total. The Morgan fingerprint density at radius 3 is 2.56 bits per heavy atom. The van der Waals surface area contributed by atoms with Crippen LogP contribution in [-0.2, 0) is 11.3 Å². The van der Waals surface area contributed by atoms with E-state index < -0.39 is 6.04 Å². The highest BCUT2D eigenvalue weighted by Crippen LogP contribution is 2.25. The summed E-state index contributed by atoms with van der Waals surface area (Å²) in [7, 11) is 0. The van der Waals surface area contributed by atoms with Gasteiger partial charge in [0, 0.05) is 18.3 Å². The predicted molar refractivity (Wildman–Crippen MR) is 99.3 cm³/mol. The van der Waals surface area contributed by atoms with Gasteiger partial charge in [0.25, 0.3) is 0 Å². The normalized spacial score (nSPS) is 11.2. The number of benzene rings is 1. The molecule has 136 valence electrons. The minimum atomic E-state index is -0.554. The summed E-state index contributed by atoms with van der Waals surface area (Å²) in [5, 5.41) is 2.75. The number of hydrogen-bond acceptors (Lipinski definition) is 5. The first-order valence-corrected chi connectivity index (χ1v) is 7.98. The summed E-state index contributed by atoms with van der Waals surface area (Å²) in [5.74, 6) is 1.68. The first-order chi connectivity index (χ1) is 11.6. The Morgan fingerprint density at radius 1 is 1.24 bits per heavy atom. The summed E-state index contributed by atoms with van der Waals surface area (Å²) in [6.45, 7) is 4.69. The van der Waals surface area contributed by atoms with Crippen LogP contribution in [0.25, 0.3) is 0 Å². The van der Waals surface area contributed by atoms with Gasteiger partial charge in [-0.2, -0.15) is 0 Å². The monoisotopic (exact) mass is 365 g/mol. The van der Waals surface area contributed by atoms with Crippen molar-refractivity contribution in [3.05, 3.63) is 48.2 Å². The highest BCUT2D eigenvalue weighted by molar-refractivity contribution is 5.85. The van der Waals surface area contributed by atoms with E-state index in [1.54, 1.807) is 19.2 Å². The maximum absolute atomic E-state index is 11.6. The molecule has 0 aliphatic rings. The van der Waals surface area contributed by atoms with E-state index in [0.29, 0.717) is 24.8 Å². The number of halogens is 1. The van der Waals surface area contributed by atoms with E-state index in [4.69, 9.17) is 15.2 Å². The molecule has 1 aromatic heterocycles. The zero-order valence-corrected chi connectivity index (χ0v) is 15.2. The van der Waals surface area contributed by atoms with Gasteiger partial charge in [-0.05, 0) is 43.7 Å². The number of amides is 1. The number of nitrogens with two attached hydrogens (primary N) is 1. The lowest BCUT2D eigenvalue weighted by Crippen LogP contribution is -2.37. The number of hydrogen-bond donors (Lipinski definition) is 2. The fraction of sp³-hybridized carbons (Fsp3) is 0.333.